The van der Waals surface area contributed by atoms with E-state index in [9.17, 15) is 9.90 Å². The standard InChI is InChI=1S/C17H24N6O3/c1-3-12-17(23-6-4-5-11(9-23)7-15(25)26)18-8-13(19-12)16-14(10-24)22(2)21-20-16/h8,11,24H,3-7,9-10H2,1-2H3,(H,25,26). The highest BCUT2D eigenvalue weighted by atomic mass is 16.4. The Hall–Kier alpha value is -2.55. The van der Waals surface area contributed by atoms with Gasteiger partial charge in [0.25, 0.3) is 0 Å². The zero-order valence-corrected chi connectivity index (χ0v) is 15.1. The van der Waals surface area contributed by atoms with Crippen molar-refractivity contribution >= 4 is 11.8 Å². The predicted molar refractivity (Wildman–Crippen MR) is 94.5 cm³/mol. The Morgan fingerprint density at radius 3 is 2.92 bits per heavy atom. The van der Waals surface area contributed by atoms with Crippen LogP contribution in [-0.2, 0) is 24.9 Å². The first-order valence-corrected chi connectivity index (χ1v) is 8.85. The molecular weight excluding hydrogens is 336 g/mol. The first kappa shape index (κ1) is 18.2. The zero-order valence-electron chi connectivity index (χ0n) is 15.1. The van der Waals surface area contributed by atoms with Gasteiger partial charge < -0.3 is 15.1 Å². The Kier molecular flexibility index (Phi) is 5.46. The largest absolute Gasteiger partial charge is 0.481 e. The Bertz CT molecular complexity index is 791. The molecule has 2 aromatic rings. The monoisotopic (exact) mass is 360 g/mol. The minimum atomic E-state index is -0.756. The quantitative estimate of drug-likeness (QED) is 0.784. The number of aromatic nitrogens is 5. The smallest absolute Gasteiger partial charge is 0.303 e. The summed E-state index contributed by atoms with van der Waals surface area (Å²) in [5.41, 5.74) is 2.55. The summed E-state index contributed by atoms with van der Waals surface area (Å²) in [6.07, 6.45) is 4.41. The van der Waals surface area contributed by atoms with E-state index in [4.69, 9.17) is 10.1 Å². The molecule has 9 heteroatoms. The molecule has 1 aliphatic heterocycles. The van der Waals surface area contributed by atoms with Crippen molar-refractivity contribution < 1.29 is 15.0 Å². The first-order chi connectivity index (χ1) is 12.5. The van der Waals surface area contributed by atoms with Crippen molar-refractivity contribution in [1.82, 2.24) is 25.0 Å². The van der Waals surface area contributed by atoms with Crippen molar-refractivity contribution in [2.24, 2.45) is 13.0 Å². The van der Waals surface area contributed by atoms with Gasteiger partial charge in [0.15, 0.2) is 0 Å². The van der Waals surface area contributed by atoms with E-state index in [-0.39, 0.29) is 18.9 Å². The lowest BCUT2D eigenvalue weighted by molar-refractivity contribution is -0.138. The lowest BCUT2D eigenvalue weighted by atomic mass is 9.95. The highest BCUT2D eigenvalue weighted by molar-refractivity contribution is 5.67. The molecule has 0 aliphatic carbocycles. The molecule has 0 spiro atoms. The van der Waals surface area contributed by atoms with Crippen molar-refractivity contribution in [2.45, 2.75) is 39.2 Å². The van der Waals surface area contributed by atoms with Crippen LogP contribution < -0.4 is 4.90 Å². The van der Waals surface area contributed by atoms with Gasteiger partial charge in [-0.25, -0.2) is 14.6 Å². The molecular formula is C17H24N6O3. The molecule has 0 aromatic carbocycles. The molecule has 26 heavy (non-hydrogen) atoms. The summed E-state index contributed by atoms with van der Waals surface area (Å²) in [6.45, 7) is 3.37. The van der Waals surface area contributed by atoms with E-state index >= 15 is 0 Å². The third-order valence-corrected chi connectivity index (χ3v) is 4.77. The van der Waals surface area contributed by atoms with Crippen LogP contribution in [0.3, 0.4) is 0 Å². The number of aliphatic carboxylic acids is 1. The molecule has 1 saturated heterocycles. The second kappa shape index (κ2) is 7.77. The number of carboxylic acid groups (broad SMARTS) is 1. The number of piperidine rings is 1. The van der Waals surface area contributed by atoms with Crippen molar-refractivity contribution in [1.29, 1.82) is 0 Å². The third-order valence-electron chi connectivity index (χ3n) is 4.77. The Labute approximate surface area is 151 Å². The summed E-state index contributed by atoms with van der Waals surface area (Å²) in [6, 6.07) is 0. The maximum atomic E-state index is 11.0. The molecule has 2 N–H and O–H groups in total. The fourth-order valence-electron chi connectivity index (χ4n) is 3.46. The Morgan fingerprint density at radius 1 is 1.42 bits per heavy atom. The van der Waals surface area contributed by atoms with Crippen LogP contribution in [0.15, 0.2) is 6.20 Å². The van der Waals surface area contributed by atoms with Crippen LogP contribution in [0.4, 0.5) is 5.82 Å². The number of hydrogen-bond acceptors (Lipinski definition) is 7. The van der Waals surface area contributed by atoms with E-state index < -0.39 is 5.97 Å². The maximum absolute atomic E-state index is 11.0. The molecule has 0 saturated carbocycles. The van der Waals surface area contributed by atoms with E-state index in [0.29, 0.717) is 30.0 Å². The average molecular weight is 360 g/mol. The summed E-state index contributed by atoms with van der Waals surface area (Å²) < 4.78 is 1.53. The summed E-state index contributed by atoms with van der Waals surface area (Å²) >= 11 is 0. The van der Waals surface area contributed by atoms with Gasteiger partial charge >= 0.3 is 5.97 Å². The molecule has 2 aromatic heterocycles. The molecule has 1 fully saturated rings. The predicted octanol–water partition coefficient (Wildman–Crippen LogP) is 1.02. The van der Waals surface area contributed by atoms with Gasteiger partial charge in [0.05, 0.1) is 24.2 Å². The fourth-order valence-corrected chi connectivity index (χ4v) is 3.46. The third kappa shape index (κ3) is 3.67. The number of aliphatic hydroxyl groups excluding tert-OH is 1. The van der Waals surface area contributed by atoms with Gasteiger partial charge in [-0.05, 0) is 25.2 Å². The van der Waals surface area contributed by atoms with Crippen LogP contribution in [-0.4, -0.2) is 54.2 Å². The minimum Gasteiger partial charge on any atom is -0.481 e. The van der Waals surface area contributed by atoms with Gasteiger partial charge in [-0.15, -0.1) is 5.10 Å². The van der Waals surface area contributed by atoms with E-state index in [1.165, 1.54) is 4.68 Å². The van der Waals surface area contributed by atoms with Crippen molar-refractivity contribution in [2.75, 3.05) is 18.0 Å². The lowest BCUT2D eigenvalue weighted by Crippen LogP contribution is -2.37. The van der Waals surface area contributed by atoms with Gasteiger partial charge in [0.1, 0.15) is 17.2 Å². The zero-order chi connectivity index (χ0) is 18.7. The number of rotatable bonds is 6. The second-order valence-electron chi connectivity index (χ2n) is 6.60. The molecule has 140 valence electrons. The summed E-state index contributed by atoms with van der Waals surface area (Å²) in [7, 11) is 1.72. The molecule has 1 atom stereocenters. The van der Waals surface area contributed by atoms with Crippen LogP contribution >= 0.6 is 0 Å². The summed E-state index contributed by atoms with van der Waals surface area (Å²) in [4.78, 5) is 22.5. The van der Waals surface area contributed by atoms with Gasteiger partial charge in [0, 0.05) is 26.6 Å². The highest BCUT2D eigenvalue weighted by Crippen LogP contribution is 2.28. The van der Waals surface area contributed by atoms with Crippen LogP contribution in [0.25, 0.3) is 11.4 Å². The van der Waals surface area contributed by atoms with Gasteiger partial charge in [-0.3, -0.25) is 4.79 Å². The maximum Gasteiger partial charge on any atom is 0.303 e. The minimum absolute atomic E-state index is 0.133. The van der Waals surface area contributed by atoms with Crippen LogP contribution in [0.2, 0.25) is 0 Å². The van der Waals surface area contributed by atoms with E-state index in [0.717, 1.165) is 30.9 Å². The van der Waals surface area contributed by atoms with Crippen molar-refractivity contribution in [3.8, 4) is 11.4 Å². The van der Waals surface area contributed by atoms with E-state index in [1.807, 2.05) is 6.92 Å². The topological polar surface area (TPSA) is 117 Å². The summed E-state index contributed by atoms with van der Waals surface area (Å²) in [5, 5.41) is 26.6. The molecule has 3 rings (SSSR count). The van der Waals surface area contributed by atoms with Crippen LogP contribution in [0, 0.1) is 5.92 Å². The first-order valence-electron chi connectivity index (χ1n) is 8.85. The normalized spacial score (nSPS) is 17.5. The number of carbonyl (C=O) groups is 1. The highest BCUT2D eigenvalue weighted by Gasteiger charge is 2.25. The van der Waals surface area contributed by atoms with E-state index in [1.54, 1.807) is 13.2 Å². The van der Waals surface area contributed by atoms with Crippen molar-refractivity contribution in [3.63, 3.8) is 0 Å². The number of carboxylic acids is 1. The van der Waals surface area contributed by atoms with E-state index in [2.05, 4.69) is 20.2 Å². The summed E-state index contributed by atoms with van der Waals surface area (Å²) in [5.74, 6) is 0.183. The lowest BCUT2D eigenvalue weighted by Gasteiger charge is -2.33. The van der Waals surface area contributed by atoms with Crippen LogP contribution in [0.1, 0.15) is 37.6 Å². The van der Waals surface area contributed by atoms with Crippen molar-refractivity contribution in [3.05, 3.63) is 17.6 Å². The number of aryl methyl sites for hydroxylation is 2. The number of nitrogens with zero attached hydrogens (tertiary/aromatic N) is 6. The molecule has 0 radical (unpaired) electrons. The fraction of sp³-hybridized carbons (Fsp3) is 0.588. The number of aliphatic hydroxyl groups is 1. The molecule has 0 bridgehead atoms. The average Bonchev–Trinajstić information content (AvgIpc) is 3.01. The SMILES string of the molecule is CCc1nc(-c2nnn(C)c2CO)cnc1N1CCCC(CC(=O)O)C1. The molecule has 0 amide bonds. The van der Waals surface area contributed by atoms with Gasteiger partial charge in [-0.1, -0.05) is 12.1 Å². The molecule has 3 heterocycles. The van der Waals surface area contributed by atoms with Gasteiger partial charge in [-0.2, -0.15) is 0 Å². The Balaban J connectivity index is 1.88. The number of anilines is 1. The molecule has 9 nitrogen and oxygen atoms in total. The second-order valence-corrected chi connectivity index (χ2v) is 6.60. The molecule has 1 aliphatic rings. The number of hydrogen-bond donors (Lipinski definition) is 2. The molecule has 1 unspecified atom stereocenters. The van der Waals surface area contributed by atoms with Crippen LogP contribution in [0.5, 0.6) is 0 Å². The Morgan fingerprint density at radius 2 is 2.23 bits per heavy atom. The van der Waals surface area contributed by atoms with Gasteiger partial charge in [0.2, 0.25) is 0 Å².